The van der Waals surface area contributed by atoms with E-state index in [1.54, 1.807) is 0 Å². The van der Waals surface area contributed by atoms with Crippen LogP contribution in [-0.4, -0.2) is 46.8 Å². The Labute approximate surface area is 80.6 Å². The maximum Gasteiger partial charge on any atom is 0.327 e. The fraction of sp³-hybridized carbons (Fsp3) is 0.500. The van der Waals surface area contributed by atoms with Crippen molar-refractivity contribution in [3.63, 3.8) is 0 Å². The van der Waals surface area contributed by atoms with Crippen molar-refractivity contribution in [2.45, 2.75) is 6.92 Å². The van der Waals surface area contributed by atoms with Crippen LogP contribution in [0, 0.1) is 0 Å². The van der Waals surface area contributed by atoms with Gasteiger partial charge >= 0.3 is 11.9 Å². The van der Waals surface area contributed by atoms with Crippen LogP contribution in [0.4, 0.5) is 0 Å². The van der Waals surface area contributed by atoms with E-state index in [-0.39, 0.29) is 41.0 Å². The molecule has 7 nitrogen and oxygen atoms in total. The number of hydrogen-bond donors (Lipinski definition) is 2. The lowest BCUT2D eigenvalue weighted by Crippen LogP contribution is -2.18. The van der Waals surface area contributed by atoms with Gasteiger partial charge < -0.3 is 27.6 Å². The molecule has 0 aliphatic rings. The van der Waals surface area contributed by atoms with E-state index in [1.165, 1.54) is 0 Å². The number of hydrogen-bond acceptors (Lipinski definition) is 5. The highest BCUT2D eigenvalue weighted by molar-refractivity contribution is 5.84. The zero-order valence-corrected chi connectivity index (χ0v) is 8.34. The predicted octanol–water partition coefficient (Wildman–Crippen LogP) is -3.10. The van der Waals surface area contributed by atoms with Gasteiger partial charge in [-0.3, -0.25) is 9.59 Å². The molecule has 0 aromatic heterocycles. The molecule has 0 aromatic rings. The van der Waals surface area contributed by atoms with Crippen LogP contribution < -0.4 is 11.9 Å². The third kappa shape index (κ3) is 22.7. The molecule has 12 heavy (non-hydrogen) atoms. The van der Waals surface area contributed by atoms with Crippen LogP contribution in [0.25, 0.3) is 0 Å². The summed E-state index contributed by atoms with van der Waals surface area (Å²) in [5, 5.41) is 0. The fourth-order valence-electron chi connectivity index (χ4n) is 0.202. The third-order valence-corrected chi connectivity index (χ3v) is 0.424. The molecule has 0 amide bonds. The zero-order valence-electron chi connectivity index (χ0n) is 6.92. The minimum absolute atomic E-state index is 0. The molecular weight excluding hydrogens is 183 g/mol. The molecule has 2 radical (unpaired) electrons. The third-order valence-electron chi connectivity index (χ3n) is 0.424. The highest BCUT2D eigenvalue weighted by atomic mass is 27.0. The van der Waals surface area contributed by atoms with Gasteiger partial charge in [0.1, 0.15) is 0 Å². The lowest BCUT2D eigenvalue weighted by Gasteiger charge is -1.92. The van der Waals surface area contributed by atoms with Crippen molar-refractivity contribution >= 4 is 29.3 Å². The van der Waals surface area contributed by atoms with Crippen LogP contribution >= 0.6 is 0 Å². The first-order chi connectivity index (χ1) is 3.66. The molecule has 74 valence electrons. The van der Waals surface area contributed by atoms with Crippen molar-refractivity contribution in [3.8, 4) is 0 Å². The van der Waals surface area contributed by atoms with Crippen molar-refractivity contribution < 1.29 is 25.3 Å². The molecule has 0 aromatic carbocycles. The largest absolute Gasteiger partial charge is 0.412 e. The fourth-order valence-corrected chi connectivity index (χ4v) is 0.202. The van der Waals surface area contributed by atoms with Gasteiger partial charge in [-0.25, -0.2) is 0 Å². The topological polar surface area (TPSA) is 167 Å². The summed E-state index contributed by atoms with van der Waals surface area (Å²) in [5.74, 6) is -1.32. The van der Waals surface area contributed by atoms with Gasteiger partial charge in [-0.1, -0.05) is 0 Å². The minimum Gasteiger partial charge on any atom is -0.412 e. The highest BCUT2D eigenvalue weighted by Gasteiger charge is 1.99. The second-order valence-electron chi connectivity index (χ2n) is 1.17. The number of carbonyl (C=O) groups excluding carboxylic acids is 2. The van der Waals surface area contributed by atoms with Crippen molar-refractivity contribution in [1.82, 2.24) is 6.15 Å². The summed E-state index contributed by atoms with van der Waals surface area (Å²) in [7, 11) is 0. The van der Waals surface area contributed by atoms with E-state index in [9.17, 15) is 9.59 Å². The molecule has 0 unspecified atom stereocenters. The average molecular weight is 198 g/mol. The van der Waals surface area contributed by atoms with Gasteiger partial charge in [-0.05, 0) is 0 Å². The molecule has 0 aliphatic carbocycles. The summed E-state index contributed by atoms with van der Waals surface area (Å²) in [6.45, 7) is 0.896. The Kier molecular flexibility index (Phi) is 42.1. The molecule has 0 saturated carbocycles. The van der Waals surface area contributed by atoms with Gasteiger partial charge in [0.25, 0.3) is 0 Å². The monoisotopic (exact) mass is 198 g/mol. The van der Waals surface area contributed by atoms with Gasteiger partial charge in [0.05, 0.1) is 23.9 Å². The van der Waals surface area contributed by atoms with E-state index >= 15 is 0 Å². The molecule has 0 aliphatic heterocycles. The molecule has 0 atom stereocenters. The van der Waals surface area contributed by atoms with Crippen molar-refractivity contribution in [2.75, 3.05) is 6.54 Å². The van der Waals surface area contributed by atoms with E-state index in [0.717, 1.165) is 6.92 Å². The van der Waals surface area contributed by atoms with E-state index in [4.69, 9.17) is 5.73 Å². The van der Waals surface area contributed by atoms with Crippen LogP contribution in [0.5, 0.6) is 0 Å². The average Bonchev–Trinajstić information content (AvgIpc) is 1.65. The minimum atomic E-state index is -0.697. The summed E-state index contributed by atoms with van der Waals surface area (Å²) in [4.78, 5) is 20.0. The van der Waals surface area contributed by atoms with E-state index in [1.807, 2.05) is 0 Å². The Hall–Kier alpha value is -0.488. The lowest BCUT2D eigenvalue weighted by atomic mass is 10.7. The molecule has 0 saturated heterocycles. The Morgan fingerprint density at radius 2 is 1.67 bits per heavy atom. The molecule has 0 heterocycles. The van der Waals surface area contributed by atoms with Gasteiger partial charge in [0, 0.05) is 6.92 Å². The smallest absolute Gasteiger partial charge is 0.327 e. The number of carbonyl (C=O) groups is 2. The maximum absolute atomic E-state index is 10.1. The van der Waals surface area contributed by atoms with E-state index in [0.29, 0.717) is 0 Å². The molecule has 0 rings (SSSR count). The second kappa shape index (κ2) is 16.9. The van der Waals surface area contributed by atoms with Crippen molar-refractivity contribution in [2.24, 2.45) is 5.73 Å². The first kappa shape index (κ1) is 30.0. The number of rotatable bonds is 1. The lowest BCUT2D eigenvalue weighted by molar-refractivity contribution is -0.156. The summed E-state index contributed by atoms with van der Waals surface area (Å²) in [6, 6.07) is 0. The molecule has 0 fully saturated rings. The quantitative estimate of drug-likeness (QED) is 0.258. The van der Waals surface area contributed by atoms with Crippen molar-refractivity contribution in [3.05, 3.63) is 0 Å². The summed E-state index contributed by atoms with van der Waals surface area (Å²) >= 11 is 0. The van der Waals surface area contributed by atoms with E-state index < -0.39 is 11.9 Å². The zero-order chi connectivity index (χ0) is 6.57. The SMILES string of the molecule is CC(=O)OC(=O)CN.N.O.O.[AlH]. The first-order valence-electron chi connectivity index (χ1n) is 2.08. The van der Waals surface area contributed by atoms with Gasteiger partial charge in [0.2, 0.25) is 0 Å². The van der Waals surface area contributed by atoms with Gasteiger partial charge in [0.15, 0.2) is 0 Å². The summed E-state index contributed by atoms with van der Waals surface area (Å²) in [6.07, 6.45) is 0. The first-order valence-corrected chi connectivity index (χ1v) is 2.08. The molecule has 0 spiro atoms. The van der Waals surface area contributed by atoms with Crippen LogP contribution in [0.3, 0.4) is 0 Å². The molecule has 0 bridgehead atoms. The van der Waals surface area contributed by atoms with Crippen molar-refractivity contribution in [1.29, 1.82) is 0 Å². The molecular formula is C4H15AlN2O5. The number of nitrogens with two attached hydrogens (primary N) is 1. The number of esters is 2. The van der Waals surface area contributed by atoms with Gasteiger partial charge in [-0.2, -0.15) is 0 Å². The highest BCUT2D eigenvalue weighted by Crippen LogP contribution is 1.74. The number of ether oxygens (including phenoxy) is 1. The van der Waals surface area contributed by atoms with Crippen LogP contribution in [0.2, 0.25) is 0 Å². The Morgan fingerprint density at radius 3 is 1.75 bits per heavy atom. The molecule has 8 heteroatoms. The van der Waals surface area contributed by atoms with Crippen LogP contribution in [-0.2, 0) is 14.3 Å². The Morgan fingerprint density at radius 1 is 1.33 bits per heavy atom. The van der Waals surface area contributed by atoms with Crippen LogP contribution in [0.15, 0.2) is 0 Å². The molecule has 9 N–H and O–H groups in total. The standard InChI is InChI=1S/C4H7NO3.Al.H3N.2H2O.H/c1-3(6)8-4(7)2-5;;;;;/h2,5H2,1H3;;1H3;2*1H2;. The second-order valence-corrected chi connectivity index (χ2v) is 1.17. The van der Waals surface area contributed by atoms with Crippen LogP contribution in [0.1, 0.15) is 6.92 Å². The maximum atomic E-state index is 10.1. The van der Waals surface area contributed by atoms with E-state index in [2.05, 4.69) is 4.74 Å². The summed E-state index contributed by atoms with van der Waals surface area (Å²) < 4.78 is 4.00. The Balaban J connectivity index is -0.0000000408. The normalized spacial score (nSPS) is 5.50. The predicted molar refractivity (Wildman–Crippen MR) is 45.2 cm³/mol. The summed E-state index contributed by atoms with van der Waals surface area (Å²) in [5.41, 5.74) is 4.79. The van der Waals surface area contributed by atoms with Gasteiger partial charge in [-0.15, -0.1) is 0 Å². The Bertz CT molecular complexity index is 120.